The van der Waals surface area contributed by atoms with E-state index in [4.69, 9.17) is 23.2 Å². The molecular formula is C15H17Cl2N3O. The highest BCUT2D eigenvalue weighted by Gasteiger charge is 2.29. The lowest BCUT2D eigenvalue weighted by atomic mass is 10.0. The van der Waals surface area contributed by atoms with Crippen molar-refractivity contribution in [3.63, 3.8) is 0 Å². The number of fused-ring (bicyclic) bond motifs is 1. The predicted molar refractivity (Wildman–Crippen MR) is 84.9 cm³/mol. The number of para-hydroxylation sites is 1. The van der Waals surface area contributed by atoms with Gasteiger partial charge in [0.05, 0.1) is 27.5 Å². The van der Waals surface area contributed by atoms with E-state index in [2.05, 4.69) is 9.55 Å². The number of nitrogens with zero attached hydrogens (tertiary/aromatic N) is 3. The van der Waals surface area contributed by atoms with Crippen LogP contribution in [0.3, 0.4) is 0 Å². The molecule has 6 heteroatoms. The van der Waals surface area contributed by atoms with E-state index in [0.717, 1.165) is 23.3 Å². The monoisotopic (exact) mass is 325 g/mol. The van der Waals surface area contributed by atoms with Crippen LogP contribution in [-0.2, 0) is 4.79 Å². The van der Waals surface area contributed by atoms with E-state index in [0.29, 0.717) is 18.0 Å². The molecule has 0 spiro atoms. The molecule has 0 saturated carbocycles. The van der Waals surface area contributed by atoms with Crippen LogP contribution in [-0.4, -0.2) is 34.0 Å². The Bertz CT molecular complexity index is 696. The van der Waals surface area contributed by atoms with Crippen LogP contribution in [0.1, 0.15) is 37.0 Å². The molecular weight excluding hydrogens is 309 g/mol. The number of halogens is 2. The van der Waals surface area contributed by atoms with E-state index in [-0.39, 0.29) is 17.3 Å². The topological polar surface area (TPSA) is 38.1 Å². The van der Waals surface area contributed by atoms with Crippen molar-refractivity contribution < 1.29 is 4.79 Å². The van der Waals surface area contributed by atoms with E-state index in [1.165, 1.54) is 0 Å². The molecule has 3 rings (SSSR count). The Morgan fingerprint density at radius 1 is 1.43 bits per heavy atom. The minimum absolute atomic E-state index is 0.161. The molecule has 2 unspecified atom stereocenters. The van der Waals surface area contributed by atoms with Gasteiger partial charge in [0.1, 0.15) is 5.82 Å². The number of hydrogen-bond donors (Lipinski definition) is 0. The van der Waals surface area contributed by atoms with Gasteiger partial charge in [-0.3, -0.25) is 4.79 Å². The Hall–Kier alpha value is -1.26. The number of likely N-dealkylation sites (N-methyl/N-ethyl adjacent to an activating group) is 1. The molecule has 2 aromatic rings. The van der Waals surface area contributed by atoms with Gasteiger partial charge in [0, 0.05) is 20.0 Å². The van der Waals surface area contributed by atoms with Crippen molar-refractivity contribution in [2.24, 2.45) is 0 Å². The minimum Gasteiger partial charge on any atom is -0.344 e. The normalized spacial score (nSPS) is 21.0. The lowest BCUT2D eigenvalue weighted by Crippen LogP contribution is -2.38. The molecule has 0 N–H and O–H groups in total. The van der Waals surface area contributed by atoms with Crippen molar-refractivity contribution >= 4 is 40.1 Å². The van der Waals surface area contributed by atoms with Gasteiger partial charge in [0.25, 0.3) is 0 Å². The number of carbonyl (C=O) groups is 1. The molecule has 0 bridgehead atoms. The number of alkyl halides is 1. The van der Waals surface area contributed by atoms with Crippen molar-refractivity contribution in [1.82, 2.24) is 14.5 Å². The van der Waals surface area contributed by atoms with Crippen LogP contribution in [0.25, 0.3) is 11.0 Å². The van der Waals surface area contributed by atoms with Crippen LogP contribution >= 0.6 is 23.2 Å². The van der Waals surface area contributed by atoms with Crippen LogP contribution in [0.5, 0.6) is 0 Å². The Balaban J connectivity index is 2.15. The van der Waals surface area contributed by atoms with E-state index in [9.17, 15) is 4.79 Å². The van der Waals surface area contributed by atoms with Gasteiger partial charge in [-0.25, -0.2) is 4.98 Å². The summed E-state index contributed by atoms with van der Waals surface area (Å²) in [6.07, 6.45) is 1.33. The average Bonchev–Trinajstić information content (AvgIpc) is 2.83. The first-order valence-corrected chi connectivity index (χ1v) is 7.85. The van der Waals surface area contributed by atoms with Crippen LogP contribution in [0.4, 0.5) is 0 Å². The number of carbonyl (C=O) groups excluding carboxylic acids is 1. The average molecular weight is 326 g/mol. The summed E-state index contributed by atoms with van der Waals surface area (Å²) in [6.45, 7) is 2.57. The maximum atomic E-state index is 11.7. The second-order valence-electron chi connectivity index (χ2n) is 5.53. The van der Waals surface area contributed by atoms with Gasteiger partial charge >= 0.3 is 0 Å². The van der Waals surface area contributed by atoms with E-state index >= 15 is 0 Å². The highest BCUT2D eigenvalue weighted by Crippen LogP contribution is 2.35. The molecule has 1 saturated heterocycles. The largest absolute Gasteiger partial charge is 0.344 e. The van der Waals surface area contributed by atoms with E-state index < -0.39 is 0 Å². The summed E-state index contributed by atoms with van der Waals surface area (Å²) >= 11 is 12.7. The third-order valence-electron chi connectivity index (χ3n) is 4.01. The van der Waals surface area contributed by atoms with Gasteiger partial charge in [-0.1, -0.05) is 17.7 Å². The maximum Gasteiger partial charge on any atom is 0.222 e. The molecule has 1 aliphatic rings. The number of rotatable bonds is 2. The highest BCUT2D eigenvalue weighted by molar-refractivity contribution is 6.35. The van der Waals surface area contributed by atoms with Gasteiger partial charge in [-0.15, -0.1) is 11.6 Å². The number of hydrogen-bond acceptors (Lipinski definition) is 2. The zero-order valence-electron chi connectivity index (χ0n) is 12.0. The molecule has 2 atom stereocenters. The predicted octanol–water partition coefficient (Wildman–Crippen LogP) is 3.78. The van der Waals surface area contributed by atoms with Crippen LogP contribution in [0, 0.1) is 0 Å². The zero-order chi connectivity index (χ0) is 15.1. The summed E-state index contributed by atoms with van der Waals surface area (Å²) in [5.74, 6) is 0.995. The molecule has 1 fully saturated rings. The highest BCUT2D eigenvalue weighted by atomic mass is 35.5. The van der Waals surface area contributed by atoms with Crippen LogP contribution in [0.15, 0.2) is 18.2 Å². The minimum atomic E-state index is -0.212. The molecule has 1 amide bonds. The summed E-state index contributed by atoms with van der Waals surface area (Å²) in [6, 6.07) is 5.86. The molecule has 112 valence electrons. The fourth-order valence-electron chi connectivity index (χ4n) is 2.98. The van der Waals surface area contributed by atoms with Gasteiger partial charge < -0.3 is 9.47 Å². The number of imidazole rings is 1. The third kappa shape index (κ3) is 2.51. The number of amides is 1. The smallest absolute Gasteiger partial charge is 0.222 e. The van der Waals surface area contributed by atoms with Crippen molar-refractivity contribution in [2.75, 3.05) is 13.6 Å². The van der Waals surface area contributed by atoms with E-state index in [1.807, 2.05) is 32.2 Å². The lowest BCUT2D eigenvalue weighted by molar-refractivity contribution is -0.132. The maximum absolute atomic E-state index is 11.7. The SMILES string of the molecule is CC(Cl)c1nc2cccc(Cl)c2n1C1CCC(=O)N(C)C1. The second kappa shape index (κ2) is 5.50. The van der Waals surface area contributed by atoms with E-state index in [1.54, 1.807) is 4.90 Å². The first-order chi connectivity index (χ1) is 9.99. The number of benzene rings is 1. The van der Waals surface area contributed by atoms with Gasteiger partial charge in [0.2, 0.25) is 5.91 Å². The van der Waals surface area contributed by atoms with Gasteiger partial charge in [-0.2, -0.15) is 0 Å². The molecule has 1 aromatic heterocycles. The fourth-order valence-corrected chi connectivity index (χ4v) is 3.39. The van der Waals surface area contributed by atoms with Crippen molar-refractivity contribution in [1.29, 1.82) is 0 Å². The van der Waals surface area contributed by atoms with Crippen LogP contribution in [0.2, 0.25) is 5.02 Å². The van der Waals surface area contributed by atoms with Crippen LogP contribution < -0.4 is 0 Å². The molecule has 1 aromatic carbocycles. The molecule has 21 heavy (non-hydrogen) atoms. The molecule has 2 heterocycles. The lowest BCUT2D eigenvalue weighted by Gasteiger charge is -2.32. The van der Waals surface area contributed by atoms with Gasteiger partial charge in [0.15, 0.2) is 0 Å². The fraction of sp³-hybridized carbons (Fsp3) is 0.467. The summed E-state index contributed by atoms with van der Waals surface area (Å²) < 4.78 is 2.12. The second-order valence-corrected chi connectivity index (χ2v) is 6.59. The first kappa shape index (κ1) is 14.7. The summed E-state index contributed by atoms with van der Waals surface area (Å²) in [4.78, 5) is 18.1. The third-order valence-corrected chi connectivity index (χ3v) is 4.51. The zero-order valence-corrected chi connectivity index (χ0v) is 13.5. The van der Waals surface area contributed by atoms with Gasteiger partial charge in [-0.05, 0) is 25.5 Å². The summed E-state index contributed by atoms with van der Waals surface area (Å²) in [5.41, 5.74) is 1.76. The Labute approximate surface area is 133 Å². The molecule has 0 aliphatic carbocycles. The Kier molecular flexibility index (Phi) is 3.84. The van der Waals surface area contributed by atoms with Crippen molar-refractivity contribution in [3.05, 3.63) is 29.0 Å². The molecule has 0 radical (unpaired) electrons. The summed E-state index contributed by atoms with van der Waals surface area (Å²) in [7, 11) is 1.83. The quantitative estimate of drug-likeness (QED) is 0.788. The number of piperidine rings is 1. The van der Waals surface area contributed by atoms with Crippen molar-refractivity contribution in [2.45, 2.75) is 31.2 Å². The summed E-state index contributed by atoms with van der Waals surface area (Å²) in [5, 5.41) is 0.458. The molecule has 1 aliphatic heterocycles. The number of likely N-dealkylation sites (tertiary alicyclic amines) is 1. The number of aromatic nitrogens is 2. The Morgan fingerprint density at radius 3 is 2.86 bits per heavy atom. The molecule has 4 nitrogen and oxygen atoms in total. The Morgan fingerprint density at radius 2 is 2.19 bits per heavy atom. The standard InChI is InChI=1S/C15H17Cl2N3O/c1-9(16)15-18-12-5-3-4-11(17)14(12)20(15)10-6-7-13(21)19(2)8-10/h3-5,9-10H,6-8H2,1-2H3. The first-order valence-electron chi connectivity index (χ1n) is 7.03. The van der Waals surface area contributed by atoms with Crippen molar-refractivity contribution in [3.8, 4) is 0 Å².